The summed E-state index contributed by atoms with van der Waals surface area (Å²) >= 11 is 1.65. The normalized spacial score (nSPS) is 17.6. The van der Waals surface area contributed by atoms with Gasteiger partial charge in [0.25, 0.3) is 5.91 Å². The summed E-state index contributed by atoms with van der Waals surface area (Å²) in [4.78, 5) is 36.1. The van der Waals surface area contributed by atoms with Gasteiger partial charge < -0.3 is 14.7 Å². The van der Waals surface area contributed by atoms with Gasteiger partial charge in [0.2, 0.25) is 0 Å². The van der Waals surface area contributed by atoms with Crippen molar-refractivity contribution >= 4 is 29.4 Å². The molecule has 6 nitrogen and oxygen atoms in total. The first kappa shape index (κ1) is 17.3. The van der Waals surface area contributed by atoms with E-state index in [4.69, 9.17) is 9.84 Å². The quantitative estimate of drug-likeness (QED) is 0.795. The smallest absolute Gasteiger partial charge is 0.305 e. The second kappa shape index (κ2) is 8.01. The molecule has 124 valence electrons. The molecule has 1 amide bonds. The van der Waals surface area contributed by atoms with Gasteiger partial charge in [-0.15, -0.1) is 0 Å². The molecule has 1 heterocycles. The molecule has 0 aromatic heterocycles. The van der Waals surface area contributed by atoms with E-state index in [9.17, 15) is 14.4 Å². The highest BCUT2D eigenvalue weighted by Gasteiger charge is 2.28. The molecular formula is C16H19NO5S. The van der Waals surface area contributed by atoms with E-state index in [1.54, 1.807) is 40.9 Å². The van der Waals surface area contributed by atoms with E-state index in [-0.39, 0.29) is 30.8 Å². The molecule has 1 aromatic rings. The molecule has 0 saturated carbocycles. The zero-order valence-electron chi connectivity index (χ0n) is 12.9. The minimum absolute atomic E-state index is 0.0570. The van der Waals surface area contributed by atoms with Crippen LogP contribution < -0.4 is 4.74 Å². The van der Waals surface area contributed by atoms with E-state index in [1.807, 2.05) is 0 Å². The Kier molecular flexibility index (Phi) is 6.04. The number of carboxylic acids is 1. The van der Waals surface area contributed by atoms with Gasteiger partial charge in [0.1, 0.15) is 5.75 Å². The number of aliphatic carboxylic acids is 1. The molecule has 2 rings (SSSR count). The van der Waals surface area contributed by atoms with Crippen molar-refractivity contribution in [1.82, 2.24) is 4.90 Å². The number of hydrogen-bond acceptors (Lipinski definition) is 5. The fourth-order valence-corrected chi connectivity index (χ4v) is 3.45. The number of benzene rings is 1. The number of thioether (sulfide) groups is 1. The third-order valence-electron chi connectivity index (χ3n) is 3.56. The van der Waals surface area contributed by atoms with Crippen molar-refractivity contribution in [3.05, 3.63) is 29.8 Å². The SMILES string of the molecule is CC(=O)c1cccc(OCC(=O)N2CCSCC2CC(=O)O)c1. The molecule has 0 radical (unpaired) electrons. The summed E-state index contributed by atoms with van der Waals surface area (Å²) in [5.41, 5.74) is 0.521. The van der Waals surface area contributed by atoms with Crippen LogP contribution in [0.25, 0.3) is 0 Å². The van der Waals surface area contributed by atoms with Gasteiger partial charge in [-0.3, -0.25) is 14.4 Å². The number of carbonyl (C=O) groups is 3. The Labute approximate surface area is 138 Å². The second-order valence-corrected chi connectivity index (χ2v) is 6.44. The molecule has 1 unspecified atom stereocenters. The first-order valence-corrected chi connectivity index (χ1v) is 8.45. The number of carboxylic acid groups (broad SMARTS) is 1. The van der Waals surface area contributed by atoms with Crippen LogP contribution in [0.5, 0.6) is 5.75 Å². The number of amides is 1. The molecule has 0 aliphatic carbocycles. The number of rotatable bonds is 6. The van der Waals surface area contributed by atoms with Crippen molar-refractivity contribution in [2.45, 2.75) is 19.4 Å². The molecule has 1 aliphatic heterocycles. The largest absolute Gasteiger partial charge is 0.484 e. The van der Waals surface area contributed by atoms with Crippen LogP contribution in [0.1, 0.15) is 23.7 Å². The zero-order chi connectivity index (χ0) is 16.8. The van der Waals surface area contributed by atoms with Gasteiger partial charge in [-0.05, 0) is 19.1 Å². The first-order valence-electron chi connectivity index (χ1n) is 7.30. The molecule has 1 atom stereocenters. The van der Waals surface area contributed by atoms with Crippen molar-refractivity contribution in [1.29, 1.82) is 0 Å². The number of Topliss-reactive ketones (excluding diaryl/α,β-unsaturated/α-hetero) is 1. The Morgan fingerprint density at radius 2 is 2.17 bits per heavy atom. The Morgan fingerprint density at radius 1 is 1.39 bits per heavy atom. The lowest BCUT2D eigenvalue weighted by Crippen LogP contribution is -2.48. The van der Waals surface area contributed by atoms with Crippen molar-refractivity contribution in [2.75, 3.05) is 24.7 Å². The standard InChI is InChI=1S/C16H19NO5S/c1-11(18)12-3-2-4-14(7-12)22-9-15(19)17-5-6-23-10-13(17)8-16(20)21/h2-4,7,13H,5-6,8-10H2,1H3,(H,20,21). The summed E-state index contributed by atoms with van der Waals surface area (Å²) in [7, 11) is 0. The summed E-state index contributed by atoms with van der Waals surface area (Å²) < 4.78 is 5.47. The Bertz CT molecular complexity index is 604. The van der Waals surface area contributed by atoms with Crippen molar-refractivity contribution < 1.29 is 24.2 Å². The average Bonchev–Trinajstić information content (AvgIpc) is 2.53. The second-order valence-electron chi connectivity index (χ2n) is 5.29. The molecule has 7 heteroatoms. The van der Waals surface area contributed by atoms with E-state index in [0.717, 1.165) is 5.75 Å². The third-order valence-corrected chi connectivity index (χ3v) is 4.65. The lowest BCUT2D eigenvalue weighted by atomic mass is 10.1. The lowest BCUT2D eigenvalue weighted by molar-refractivity contribution is -0.141. The fourth-order valence-electron chi connectivity index (χ4n) is 2.39. The number of hydrogen-bond donors (Lipinski definition) is 1. The summed E-state index contributed by atoms with van der Waals surface area (Å²) in [6, 6.07) is 6.35. The van der Waals surface area contributed by atoms with Gasteiger partial charge in [0.05, 0.1) is 12.5 Å². The molecule has 0 spiro atoms. The van der Waals surface area contributed by atoms with Crippen LogP contribution in [-0.4, -0.2) is 58.4 Å². The molecule has 1 aromatic carbocycles. The summed E-state index contributed by atoms with van der Waals surface area (Å²) in [6.45, 7) is 1.83. The van der Waals surface area contributed by atoms with E-state index >= 15 is 0 Å². The van der Waals surface area contributed by atoms with Gasteiger partial charge in [-0.25, -0.2) is 0 Å². The van der Waals surface area contributed by atoms with E-state index in [2.05, 4.69) is 0 Å². The maximum absolute atomic E-state index is 12.3. The molecule has 1 aliphatic rings. The first-order chi connectivity index (χ1) is 11.0. The summed E-state index contributed by atoms with van der Waals surface area (Å²) in [6.07, 6.45) is -0.0570. The van der Waals surface area contributed by atoms with E-state index in [0.29, 0.717) is 23.6 Å². The third kappa shape index (κ3) is 4.99. The predicted octanol–water partition coefficient (Wildman–Crippen LogP) is 1.69. The molecule has 0 bridgehead atoms. The van der Waals surface area contributed by atoms with Crippen LogP contribution in [0.3, 0.4) is 0 Å². The number of ether oxygens (including phenoxy) is 1. The summed E-state index contributed by atoms with van der Waals surface area (Å²) in [5.74, 6) is 0.651. The van der Waals surface area contributed by atoms with Crippen LogP contribution in [0.2, 0.25) is 0 Å². The maximum atomic E-state index is 12.3. The van der Waals surface area contributed by atoms with Crippen LogP contribution >= 0.6 is 11.8 Å². The van der Waals surface area contributed by atoms with Crippen molar-refractivity contribution in [3.63, 3.8) is 0 Å². The predicted molar refractivity (Wildman–Crippen MR) is 87.0 cm³/mol. The fraction of sp³-hybridized carbons (Fsp3) is 0.438. The zero-order valence-corrected chi connectivity index (χ0v) is 13.7. The molecular weight excluding hydrogens is 318 g/mol. The van der Waals surface area contributed by atoms with Crippen LogP contribution in [0, 0.1) is 0 Å². The molecule has 1 N–H and O–H groups in total. The number of nitrogens with zero attached hydrogens (tertiary/aromatic N) is 1. The van der Waals surface area contributed by atoms with Gasteiger partial charge in [0, 0.05) is 23.6 Å². The maximum Gasteiger partial charge on any atom is 0.305 e. The van der Waals surface area contributed by atoms with Crippen molar-refractivity contribution in [2.24, 2.45) is 0 Å². The molecule has 1 fully saturated rings. The Morgan fingerprint density at radius 3 is 2.87 bits per heavy atom. The highest BCUT2D eigenvalue weighted by atomic mass is 32.2. The van der Waals surface area contributed by atoms with Gasteiger partial charge in [-0.2, -0.15) is 11.8 Å². The van der Waals surface area contributed by atoms with Crippen LogP contribution in [0.15, 0.2) is 24.3 Å². The van der Waals surface area contributed by atoms with Crippen LogP contribution in [-0.2, 0) is 9.59 Å². The topological polar surface area (TPSA) is 83.9 Å². The average molecular weight is 337 g/mol. The Balaban J connectivity index is 1.96. The number of ketones is 1. The van der Waals surface area contributed by atoms with Gasteiger partial charge in [0.15, 0.2) is 12.4 Å². The van der Waals surface area contributed by atoms with Crippen LogP contribution in [0.4, 0.5) is 0 Å². The van der Waals surface area contributed by atoms with Gasteiger partial charge in [-0.1, -0.05) is 12.1 Å². The summed E-state index contributed by atoms with van der Waals surface area (Å²) in [5, 5.41) is 8.95. The van der Waals surface area contributed by atoms with Gasteiger partial charge >= 0.3 is 5.97 Å². The highest BCUT2D eigenvalue weighted by Crippen LogP contribution is 2.20. The minimum atomic E-state index is -0.912. The lowest BCUT2D eigenvalue weighted by Gasteiger charge is -2.34. The van der Waals surface area contributed by atoms with E-state index < -0.39 is 5.97 Å². The Hall–Kier alpha value is -2.02. The van der Waals surface area contributed by atoms with Crippen molar-refractivity contribution in [3.8, 4) is 5.75 Å². The number of carbonyl (C=O) groups excluding carboxylic acids is 2. The molecule has 1 saturated heterocycles. The van der Waals surface area contributed by atoms with E-state index in [1.165, 1.54) is 6.92 Å². The molecule has 23 heavy (non-hydrogen) atoms. The monoisotopic (exact) mass is 337 g/mol. The highest BCUT2D eigenvalue weighted by molar-refractivity contribution is 7.99. The minimum Gasteiger partial charge on any atom is -0.484 e.